The molecule has 0 radical (unpaired) electrons. The molecule has 0 bridgehead atoms. The molecule has 5 aromatic rings. The minimum Gasteiger partial charge on any atom is -0.497 e. The minimum absolute atomic E-state index is 0.169. The Morgan fingerprint density at radius 2 is 1.76 bits per heavy atom. The van der Waals surface area contributed by atoms with Crippen LogP contribution in [-0.4, -0.2) is 36.8 Å². The first-order chi connectivity index (χ1) is 20.4. The first-order valence-electron chi connectivity index (χ1n) is 12.9. The van der Waals surface area contributed by atoms with Crippen molar-refractivity contribution in [1.29, 1.82) is 0 Å². The number of halogens is 2. The molecule has 4 aromatic carbocycles. The fourth-order valence-corrected chi connectivity index (χ4v) is 4.85. The fourth-order valence-electron chi connectivity index (χ4n) is 4.36. The predicted octanol–water partition coefficient (Wildman–Crippen LogP) is 7.53. The van der Waals surface area contributed by atoms with Crippen LogP contribution in [0.2, 0.25) is 10.0 Å². The van der Waals surface area contributed by atoms with E-state index in [-0.39, 0.29) is 16.3 Å². The number of hydrogen-bond acceptors (Lipinski definition) is 6. The van der Waals surface area contributed by atoms with Crippen molar-refractivity contribution in [2.24, 2.45) is 5.10 Å². The zero-order valence-corrected chi connectivity index (χ0v) is 24.1. The highest BCUT2D eigenvalue weighted by atomic mass is 35.5. The first-order valence-corrected chi connectivity index (χ1v) is 13.7. The molecule has 1 amide bonds. The van der Waals surface area contributed by atoms with Crippen molar-refractivity contribution >= 4 is 52.2 Å². The van der Waals surface area contributed by atoms with E-state index in [2.05, 4.69) is 15.5 Å². The van der Waals surface area contributed by atoms with Crippen LogP contribution in [0.3, 0.4) is 0 Å². The van der Waals surface area contributed by atoms with Gasteiger partial charge in [-0.15, -0.1) is 0 Å². The summed E-state index contributed by atoms with van der Waals surface area (Å²) >= 11 is 12.1. The summed E-state index contributed by atoms with van der Waals surface area (Å²) in [5.41, 5.74) is 6.13. The second kappa shape index (κ2) is 12.8. The summed E-state index contributed by atoms with van der Waals surface area (Å²) in [4.78, 5) is 29.2. The summed E-state index contributed by atoms with van der Waals surface area (Å²) in [6.07, 6.45) is 1.47. The van der Waals surface area contributed by atoms with Crippen LogP contribution in [0, 0.1) is 0 Å². The van der Waals surface area contributed by atoms with Gasteiger partial charge in [0.25, 0.3) is 5.91 Å². The zero-order chi connectivity index (χ0) is 29.6. The van der Waals surface area contributed by atoms with Crippen molar-refractivity contribution < 1.29 is 23.8 Å². The zero-order valence-electron chi connectivity index (χ0n) is 22.6. The van der Waals surface area contributed by atoms with Gasteiger partial charge in [0.05, 0.1) is 30.5 Å². The van der Waals surface area contributed by atoms with Crippen molar-refractivity contribution in [3.05, 3.63) is 112 Å². The Balaban J connectivity index is 1.37. The smallest absolute Gasteiger partial charge is 0.345 e. The van der Waals surface area contributed by atoms with Gasteiger partial charge in [0.1, 0.15) is 11.4 Å². The second-order valence-corrected chi connectivity index (χ2v) is 9.85. The molecule has 10 heteroatoms. The number of amides is 1. The van der Waals surface area contributed by atoms with Gasteiger partial charge in [-0.05, 0) is 72.6 Å². The largest absolute Gasteiger partial charge is 0.497 e. The molecule has 2 N–H and O–H groups in total. The summed E-state index contributed by atoms with van der Waals surface area (Å²) < 4.78 is 16.6. The maximum absolute atomic E-state index is 13.3. The van der Waals surface area contributed by atoms with E-state index in [1.54, 1.807) is 31.4 Å². The number of fused-ring (bicyclic) bond motifs is 1. The first kappa shape index (κ1) is 28.7. The Hall–Kier alpha value is -4.79. The van der Waals surface area contributed by atoms with E-state index in [0.717, 1.165) is 22.0 Å². The van der Waals surface area contributed by atoms with Gasteiger partial charge in [-0.1, -0.05) is 53.5 Å². The maximum atomic E-state index is 13.3. The van der Waals surface area contributed by atoms with Crippen molar-refractivity contribution in [2.75, 3.05) is 13.7 Å². The topological polar surface area (TPSA) is 102 Å². The van der Waals surface area contributed by atoms with Gasteiger partial charge in [-0.25, -0.2) is 10.2 Å². The van der Waals surface area contributed by atoms with Gasteiger partial charge in [0, 0.05) is 21.5 Å². The molecule has 1 aromatic heterocycles. The predicted molar refractivity (Wildman–Crippen MR) is 164 cm³/mol. The number of hydrogen-bond donors (Lipinski definition) is 2. The van der Waals surface area contributed by atoms with Gasteiger partial charge >= 0.3 is 5.97 Å². The Kier molecular flexibility index (Phi) is 8.76. The number of benzene rings is 4. The van der Waals surface area contributed by atoms with Crippen LogP contribution < -0.4 is 19.6 Å². The number of ether oxygens (including phenoxy) is 3. The molecular weight excluding hydrogens is 577 g/mol. The Labute approximate surface area is 251 Å². The second-order valence-electron chi connectivity index (χ2n) is 9.00. The Morgan fingerprint density at radius 1 is 0.952 bits per heavy atom. The van der Waals surface area contributed by atoms with Gasteiger partial charge in [-0.2, -0.15) is 5.10 Å². The number of hydrazone groups is 1. The number of nitrogens with one attached hydrogen (secondary N) is 2. The summed E-state index contributed by atoms with van der Waals surface area (Å²) in [6, 6.07) is 24.6. The molecule has 0 spiro atoms. The average molecular weight is 602 g/mol. The van der Waals surface area contributed by atoms with E-state index in [9.17, 15) is 9.59 Å². The third-order valence-electron chi connectivity index (χ3n) is 6.30. The molecule has 0 saturated heterocycles. The highest BCUT2D eigenvalue weighted by Gasteiger charge is 2.20. The third-order valence-corrected chi connectivity index (χ3v) is 6.84. The Bertz CT molecular complexity index is 1800. The van der Waals surface area contributed by atoms with Gasteiger partial charge < -0.3 is 19.2 Å². The molecular formula is C32H25Cl2N3O5. The molecule has 0 aliphatic heterocycles. The number of aromatic nitrogens is 1. The van der Waals surface area contributed by atoms with Crippen LogP contribution in [-0.2, 0) is 0 Å². The van der Waals surface area contributed by atoms with Crippen LogP contribution >= 0.6 is 23.2 Å². The molecule has 0 fully saturated rings. The van der Waals surface area contributed by atoms with E-state index in [4.69, 9.17) is 37.4 Å². The van der Waals surface area contributed by atoms with Gasteiger partial charge in [-0.3, -0.25) is 4.79 Å². The van der Waals surface area contributed by atoms with Crippen LogP contribution in [0.4, 0.5) is 0 Å². The number of H-pyrrole nitrogens is 1. The lowest BCUT2D eigenvalue weighted by molar-refractivity contribution is 0.0728. The van der Waals surface area contributed by atoms with Crippen molar-refractivity contribution in [3.8, 4) is 28.4 Å². The molecule has 42 heavy (non-hydrogen) atoms. The monoisotopic (exact) mass is 601 g/mol. The lowest BCUT2D eigenvalue weighted by Gasteiger charge is -2.12. The van der Waals surface area contributed by atoms with Crippen molar-refractivity contribution in [1.82, 2.24) is 10.4 Å². The summed E-state index contributed by atoms with van der Waals surface area (Å²) in [5, 5.41) is 5.58. The highest BCUT2D eigenvalue weighted by molar-refractivity contribution is 6.36. The third kappa shape index (κ3) is 6.25. The summed E-state index contributed by atoms with van der Waals surface area (Å²) in [6.45, 7) is 2.14. The molecule has 0 atom stereocenters. The number of carbonyl (C=O) groups excluding carboxylic acids is 2. The van der Waals surface area contributed by atoms with Crippen LogP contribution in [0.15, 0.2) is 90.0 Å². The molecule has 8 nitrogen and oxygen atoms in total. The normalized spacial score (nSPS) is 11.0. The Morgan fingerprint density at radius 3 is 2.50 bits per heavy atom. The van der Waals surface area contributed by atoms with Crippen LogP contribution in [0.5, 0.6) is 17.2 Å². The quantitative estimate of drug-likeness (QED) is 0.0786. The van der Waals surface area contributed by atoms with Gasteiger partial charge in [0.2, 0.25) is 0 Å². The number of methoxy groups -OCH3 is 1. The van der Waals surface area contributed by atoms with Gasteiger partial charge in [0.15, 0.2) is 11.5 Å². The molecule has 0 saturated carbocycles. The molecule has 0 aliphatic rings. The number of nitrogens with zero attached hydrogens (tertiary/aromatic N) is 1. The molecule has 0 aliphatic carbocycles. The standard InChI is InChI=1S/C32H25Cl2N3O5/c1-3-41-28-15-19(9-14-27(28)42-32(39)23-12-10-21(33)16-25(23)34)18-35-37-31(38)30-29(20-7-5-4-6-8-20)24-17-22(40-2)11-13-26(24)36-30/h4-18,36H,3H2,1-2H3,(H,37,38). The molecule has 5 rings (SSSR count). The SMILES string of the molecule is CCOc1cc(C=NNC(=O)c2[nH]c3ccc(OC)cc3c2-c2ccccc2)ccc1OC(=O)c1ccc(Cl)cc1Cl. The van der Waals surface area contributed by atoms with Crippen LogP contribution in [0.25, 0.3) is 22.0 Å². The number of aromatic amines is 1. The average Bonchev–Trinajstić information content (AvgIpc) is 3.38. The van der Waals surface area contributed by atoms with Crippen molar-refractivity contribution in [3.63, 3.8) is 0 Å². The van der Waals surface area contributed by atoms with Crippen LogP contribution in [0.1, 0.15) is 33.3 Å². The van der Waals surface area contributed by atoms with E-state index in [1.807, 2.05) is 55.5 Å². The van der Waals surface area contributed by atoms with E-state index < -0.39 is 11.9 Å². The van der Waals surface area contributed by atoms with E-state index >= 15 is 0 Å². The van der Waals surface area contributed by atoms with E-state index in [1.165, 1.54) is 18.3 Å². The maximum Gasteiger partial charge on any atom is 0.345 e. The minimum atomic E-state index is -0.656. The highest BCUT2D eigenvalue weighted by Crippen LogP contribution is 2.35. The summed E-state index contributed by atoms with van der Waals surface area (Å²) in [7, 11) is 1.60. The number of esters is 1. The van der Waals surface area contributed by atoms with E-state index in [0.29, 0.717) is 34.4 Å². The number of carbonyl (C=O) groups is 2. The fraction of sp³-hybridized carbons (Fsp3) is 0.0938. The number of rotatable bonds is 9. The lowest BCUT2D eigenvalue weighted by atomic mass is 10.0. The molecule has 1 heterocycles. The molecule has 0 unspecified atom stereocenters. The summed E-state index contributed by atoms with van der Waals surface area (Å²) in [5.74, 6) is 0.128. The molecule has 212 valence electrons. The lowest BCUT2D eigenvalue weighted by Crippen LogP contribution is -2.18. The van der Waals surface area contributed by atoms with Crippen molar-refractivity contribution in [2.45, 2.75) is 6.92 Å².